The summed E-state index contributed by atoms with van der Waals surface area (Å²) in [5.74, 6) is -2.89. The van der Waals surface area contributed by atoms with E-state index in [0.29, 0.717) is 23.7 Å². The van der Waals surface area contributed by atoms with E-state index in [2.05, 4.69) is 0 Å². The summed E-state index contributed by atoms with van der Waals surface area (Å²) in [6.07, 6.45) is 8.13. The lowest BCUT2D eigenvalue weighted by Crippen LogP contribution is -2.25. The molecule has 1 aromatic carbocycles. The molecule has 0 spiro atoms. The molecule has 1 heterocycles. The van der Waals surface area contributed by atoms with Gasteiger partial charge in [0.2, 0.25) is 0 Å². The lowest BCUT2D eigenvalue weighted by atomic mass is 9.82. The van der Waals surface area contributed by atoms with Crippen LogP contribution in [0.1, 0.15) is 56.4 Å². The molecule has 1 saturated heterocycles. The Balaban J connectivity index is 1.26. The Bertz CT molecular complexity index is 575. The highest BCUT2D eigenvalue weighted by Gasteiger charge is 2.43. The highest BCUT2D eigenvalue weighted by Crippen LogP contribution is 2.40. The minimum absolute atomic E-state index is 0.0877. The molecule has 3 atom stereocenters. The van der Waals surface area contributed by atoms with Gasteiger partial charge >= 0.3 is 0 Å². The van der Waals surface area contributed by atoms with Crippen molar-refractivity contribution in [1.82, 2.24) is 0 Å². The van der Waals surface area contributed by atoms with Gasteiger partial charge in [-0.05, 0) is 74.5 Å². The zero-order valence-electron chi connectivity index (χ0n) is 13.6. The lowest BCUT2D eigenvalue weighted by molar-refractivity contribution is -0.000504. The summed E-state index contributed by atoms with van der Waals surface area (Å²) in [6.45, 7) is 0.793. The molecule has 24 heavy (non-hydrogen) atoms. The first-order valence-electron chi connectivity index (χ1n) is 9.01. The van der Waals surface area contributed by atoms with Crippen LogP contribution in [0.25, 0.3) is 0 Å². The standard InChI is InChI=1S/C19H23F3O2/c20-15-8-13(9-16(21)19(15)22)12-2-4-14(5-3-12)23-10-11-1-6-17-18(7-11)24-17/h8-9,11-12,14,17-18H,1-7,10H2. The fourth-order valence-electron chi connectivity index (χ4n) is 4.28. The smallest absolute Gasteiger partial charge is 0.194 e. The predicted octanol–water partition coefficient (Wildman–Crippen LogP) is 4.71. The Kier molecular flexibility index (Phi) is 4.56. The molecule has 2 nitrogen and oxygen atoms in total. The van der Waals surface area contributed by atoms with Crippen molar-refractivity contribution in [2.24, 2.45) is 5.92 Å². The average molecular weight is 340 g/mol. The summed E-state index contributed by atoms with van der Waals surface area (Å²) in [5.41, 5.74) is 0.564. The number of fused-ring (bicyclic) bond motifs is 1. The number of hydrogen-bond acceptors (Lipinski definition) is 2. The zero-order chi connectivity index (χ0) is 16.7. The molecule has 0 N–H and O–H groups in total. The molecule has 5 heteroatoms. The highest BCUT2D eigenvalue weighted by atomic mass is 19.2. The van der Waals surface area contributed by atoms with E-state index in [9.17, 15) is 13.2 Å². The Morgan fingerprint density at radius 2 is 1.62 bits per heavy atom. The summed E-state index contributed by atoms with van der Waals surface area (Å²) in [7, 11) is 0. The van der Waals surface area contributed by atoms with Gasteiger partial charge in [-0.25, -0.2) is 13.2 Å². The largest absolute Gasteiger partial charge is 0.378 e. The van der Waals surface area contributed by atoms with Crippen LogP contribution in [0.5, 0.6) is 0 Å². The van der Waals surface area contributed by atoms with Gasteiger partial charge < -0.3 is 9.47 Å². The molecule has 2 saturated carbocycles. The number of halogens is 3. The normalized spacial score (nSPS) is 35.5. The van der Waals surface area contributed by atoms with Crippen LogP contribution in [0.2, 0.25) is 0 Å². The minimum atomic E-state index is -1.38. The van der Waals surface area contributed by atoms with E-state index in [-0.39, 0.29) is 12.0 Å². The van der Waals surface area contributed by atoms with Gasteiger partial charge in [-0.15, -0.1) is 0 Å². The van der Waals surface area contributed by atoms with Crippen molar-refractivity contribution < 1.29 is 22.6 Å². The third-order valence-corrected chi connectivity index (χ3v) is 5.83. The van der Waals surface area contributed by atoms with Crippen LogP contribution in [-0.4, -0.2) is 24.9 Å². The van der Waals surface area contributed by atoms with Crippen LogP contribution < -0.4 is 0 Å². The number of benzene rings is 1. The highest BCUT2D eigenvalue weighted by molar-refractivity contribution is 5.23. The van der Waals surface area contributed by atoms with E-state index < -0.39 is 17.5 Å². The maximum absolute atomic E-state index is 13.4. The molecule has 1 aromatic rings. The second-order valence-corrected chi connectivity index (χ2v) is 7.50. The Morgan fingerprint density at radius 1 is 0.917 bits per heavy atom. The minimum Gasteiger partial charge on any atom is -0.378 e. The molecule has 0 bridgehead atoms. The quantitative estimate of drug-likeness (QED) is 0.585. The van der Waals surface area contributed by atoms with Gasteiger partial charge in [0.1, 0.15) is 0 Å². The lowest BCUT2D eigenvalue weighted by Gasteiger charge is -2.30. The predicted molar refractivity (Wildman–Crippen MR) is 83.3 cm³/mol. The fraction of sp³-hybridized carbons (Fsp3) is 0.684. The first-order chi connectivity index (χ1) is 11.6. The number of hydrogen-bond donors (Lipinski definition) is 0. The monoisotopic (exact) mass is 340 g/mol. The second kappa shape index (κ2) is 6.68. The van der Waals surface area contributed by atoms with Crippen molar-refractivity contribution in [3.63, 3.8) is 0 Å². The molecule has 0 aromatic heterocycles. The van der Waals surface area contributed by atoms with E-state index >= 15 is 0 Å². The maximum atomic E-state index is 13.4. The topological polar surface area (TPSA) is 21.8 Å². The van der Waals surface area contributed by atoms with Crippen molar-refractivity contribution >= 4 is 0 Å². The van der Waals surface area contributed by atoms with E-state index in [1.54, 1.807) is 0 Å². The second-order valence-electron chi connectivity index (χ2n) is 7.50. The molecule has 0 radical (unpaired) electrons. The summed E-state index contributed by atoms with van der Waals surface area (Å²) in [5, 5.41) is 0. The van der Waals surface area contributed by atoms with Crippen LogP contribution in [0.15, 0.2) is 12.1 Å². The van der Waals surface area contributed by atoms with Crippen molar-refractivity contribution in [2.45, 2.75) is 69.2 Å². The zero-order valence-corrected chi connectivity index (χ0v) is 13.6. The average Bonchev–Trinajstić information content (AvgIpc) is 3.36. The maximum Gasteiger partial charge on any atom is 0.194 e. The van der Waals surface area contributed by atoms with Gasteiger partial charge in [-0.1, -0.05) is 0 Å². The SMILES string of the molecule is Fc1cc(C2CCC(OCC3CCC4OC4C3)CC2)cc(F)c1F. The molecule has 2 aliphatic carbocycles. The van der Waals surface area contributed by atoms with Crippen LogP contribution in [0.3, 0.4) is 0 Å². The van der Waals surface area contributed by atoms with E-state index in [1.807, 2.05) is 0 Å². The molecule has 3 unspecified atom stereocenters. The molecule has 132 valence electrons. The summed E-state index contributed by atoms with van der Waals surface area (Å²) in [6, 6.07) is 2.27. The van der Waals surface area contributed by atoms with Crippen molar-refractivity contribution in [1.29, 1.82) is 0 Å². The third kappa shape index (κ3) is 3.47. The van der Waals surface area contributed by atoms with E-state index in [1.165, 1.54) is 6.42 Å². The Hall–Kier alpha value is -1.07. The molecule has 1 aliphatic heterocycles. The van der Waals surface area contributed by atoms with Gasteiger partial charge in [-0.2, -0.15) is 0 Å². The Labute approximate surface area is 140 Å². The first kappa shape index (κ1) is 16.4. The Morgan fingerprint density at radius 3 is 2.29 bits per heavy atom. The van der Waals surface area contributed by atoms with Crippen LogP contribution in [0, 0.1) is 23.4 Å². The van der Waals surface area contributed by atoms with Gasteiger partial charge in [0.25, 0.3) is 0 Å². The van der Waals surface area contributed by atoms with E-state index in [4.69, 9.17) is 9.47 Å². The first-order valence-corrected chi connectivity index (χ1v) is 9.01. The van der Waals surface area contributed by atoms with Crippen LogP contribution in [-0.2, 0) is 9.47 Å². The van der Waals surface area contributed by atoms with Crippen molar-refractivity contribution in [2.75, 3.05) is 6.61 Å². The molecule has 4 rings (SSSR count). The molecule has 0 amide bonds. The van der Waals surface area contributed by atoms with Crippen molar-refractivity contribution in [3.05, 3.63) is 35.1 Å². The number of rotatable bonds is 4. The van der Waals surface area contributed by atoms with Crippen LogP contribution in [0.4, 0.5) is 13.2 Å². The number of epoxide rings is 1. The van der Waals surface area contributed by atoms with Gasteiger partial charge in [0.15, 0.2) is 17.5 Å². The van der Waals surface area contributed by atoms with Gasteiger partial charge in [0, 0.05) is 6.61 Å². The summed E-state index contributed by atoms with van der Waals surface area (Å²) in [4.78, 5) is 0. The van der Waals surface area contributed by atoms with Gasteiger partial charge in [-0.3, -0.25) is 0 Å². The molecular formula is C19H23F3O2. The van der Waals surface area contributed by atoms with Crippen LogP contribution >= 0.6 is 0 Å². The van der Waals surface area contributed by atoms with Gasteiger partial charge in [0.05, 0.1) is 18.3 Å². The third-order valence-electron chi connectivity index (χ3n) is 5.83. The summed E-state index contributed by atoms with van der Waals surface area (Å²) < 4.78 is 51.5. The summed E-state index contributed by atoms with van der Waals surface area (Å²) >= 11 is 0. The molecule has 3 aliphatic rings. The molecular weight excluding hydrogens is 317 g/mol. The molecule has 3 fully saturated rings. The number of ether oxygens (including phenoxy) is 2. The fourth-order valence-corrected chi connectivity index (χ4v) is 4.28. The van der Waals surface area contributed by atoms with E-state index in [0.717, 1.165) is 57.3 Å². The van der Waals surface area contributed by atoms with Crippen molar-refractivity contribution in [3.8, 4) is 0 Å².